The van der Waals surface area contributed by atoms with Gasteiger partial charge in [-0.3, -0.25) is 9.73 Å². The maximum Gasteiger partial charge on any atom is 0.277 e. The molecule has 2 aliphatic heterocycles. The van der Waals surface area contributed by atoms with Crippen LogP contribution in [-0.4, -0.2) is 17.0 Å². The van der Waals surface area contributed by atoms with E-state index in [0.29, 0.717) is 22.1 Å². The first kappa shape index (κ1) is 18.7. The van der Waals surface area contributed by atoms with Crippen LogP contribution in [0.15, 0.2) is 65.8 Å². The zero-order valence-electron chi connectivity index (χ0n) is 16.8. The van der Waals surface area contributed by atoms with Crippen LogP contribution in [0.2, 0.25) is 5.02 Å². The molecule has 150 valence electrons. The summed E-state index contributed by atoms with van der Waals surface area (Å²) in [5, 5.41) is 9.61. The molecule has 0 saturated heterocycles. The molecule has 3 aromatic rings. The number of halogens is 1. The Kier molecular flexibility index (Phi) is 4.27. The second-order valence-electron chi connectivity index (χ2n) is 7.45. The van der Waals surface area contributed by atoms with Gasteiger partial charge in [-0.05, 0) is 73.5 Å². The number of oxime groups is 1. The molecule has 7 heteroatoms. The molecule has 0 saturated carbocycles. The van der Waals surface area contributed by atoms with Crippen LogP contribution in [-0.2, 0) is 4.94 Å². The van der Waals surface area contributed by atoms with E-state index < -0.39 is 0 Å². The number of hydrogen-bond acceptors (Lipinski definition) is 5. The summed E-state index contributed by atoms with van der Waals surface area (Å²) in [7, 11) is 0. The minimum absolute atomic E-state index is 0.240. The molecule has 0 aliphatic carbocycles. The van der Waals surface area contributed by atoms with Crippen molar-refractivity contribution in [2.45, 2.75) is 20.8 Å². The lowest BCUT2D eigenvalue weighted by Gasteiger charge is -2.25. The molecular weight excluding hydrogens is 400 g/mol. The molecule has 0 aromatic heterocycles. The largest absolute Gasteiger partial charge is 0.277 e. The molecule has 0 spiro atoms. The second-order valence-corrected chi connectivity index (χ2v) is 7.88. The minimum atomic E-state index is -0.240. The predicted octanol–water partition coefficient (Wildman–Crippen LogP) is 5.17. The Hall–Kier alpha value is -3.35. The van der Waals surface area contributed by atoms with E-state index in [1.165, 1.54) is 15.9 Å². The van der Waals surface area contributed by atoms with E-state index in [-0.39, 0.29) is 5.91 Å². The van der Waals surface area contributed by atoms with Gasteiger partial charge in [-0.1, -0.05) is 41.4 Å². The Balaban J connectivity index is 1.60. The summed E-state index contributed by atoms with van der Waals surface area (Å²) >= 11 is 5.99. The maximum absolute atomic E-state index is 13.4. The molecule has 0 N–H and O–H groups in total. The van der Waals surface area contributed by atoms with E-state index in [0.717, 1.165) is 22.4 Å². The van der Waals surface area contributed by atoms with Crippen molar-refractivity contribution < 1.29 is 9.73 Å². The number of hydrogen-bond donors (Lipinski definition) is 0. The lowest BCUT2D eigenvalue weighted by atomic mass is 9.98. The van der Waals surface area contributed by atoms with Gasteiger partial charge in [0.2, 0.25) is 5.84 Å². The number of nitrogens with zero attached hydrogens (tertiary/aromatic N) is 4. The quantitative estimate of drug-likeness (QED) is 0.576. The number of fused-ring (bicyclic) bond motifs is 3. The first-order valence-electron chi connectivity index (χ1n) is 9.58. The summed E-state index contributed by atoms with van der Waals surface area (Å²) in [6.45, 7) is 6.18. The molecule has 6 nitrogen and oxygen atoms in total. The van der Waals surface area contributed by atoms with Crippen molar-refractivity contribution >= 4 is 34.7 Å². The number of carbonyl (C=O) groups is 1. The smallest absolute Gasteiger partial charge is 0.267 e. The Morgan fingerprint density at radius 2 is 1.57 bits per heavy atom. The van der Waals surface area contributed by atoms with Crippen molar-refractivity contribution in [3.63, 3.8) is 0 Å². The first-order valence-corrected chi connectivity index (χ1v) is 9.96. The molecule has 0 unspecified atom stereocenters. The topological polar surface area (TPSA) is 48.4 Å². The van der Waals surface area contributed by atoms with Gasteiger partial charge in [-0.25, -0.2) is 0 Å². The van der Waals surface area contributed by atoms with Gasteiger partial charge in [0.15, 0.2) is 0 Å². The third-order valence-corrected chi connectivity index (χ3v) is 5.52. The predicted molar refractivity (Wildman–Crippen MR) is 117 cm³/mol. The van der Waals surface area contributed by atoms with E-state index >= 15 is 0 Å². The molecule has 2 aliphatic rings. The number of anilines is 2. The summed E-state index contributed by atoms with van der Waals surface area (Å²) < 4.78 is 0. The van der Waals surface area contributed by atoms with Crippen molar-refractivity contribution in [2.75, 3.05) is 10.0 Å². The number of amidine groups is 1. The Bertz CT molecular complexity index is 1180. The summed E-state index contributed by atoms with van der Waals surface area (Å²) in [5.41, 5.74) is 6.39. The maximum atomic E-state index is 13.4. The number of hydrazine groups is 2. The van der Waals surface area contributed by atoms with Gasteiger partial charge in [-0.15, -0.1) is 0 Å². The van der Waals surface area contributed by atoms with Gasteiger partial charge in [0, 0.05) is 16.1 Å². The van der Waals surface area contributed by atoms with Crippen LogP contribution in [0.3, 0.4) is 0 Å². The average molecular weight is 419 g/mol. The van der Waals surface area contributed by atoms with Gasteiger partial charge in [0.1, 0.15) is 0 Å². The van der Waals surface area contributed by atoms with Crippen LogP contribution in [0.5, 0.6) is 0 Å². The number of rotatable bonds is 2. The molecule has 0 radical (unpaired) electrons. The van der Waals surface area contributed by atoms with Gasteiger partial charge < -0.3 is 0 Å². The zero-order chi connectivity index (χ0) is 21.0. The Morgan fingerprint density at radius 3 is 2.23 bits per heavy atom. The fraction of sp³-hybridized carbons (Fsp3) is 0.130. The number of aryl methyl sites for hydroxylation is 3. The fourth-order valence-corrected chi connectivity index (χ4v) is 4.19. The first-order chi connectivity index (χ1) is 14.5. The third-order valence-electron chi connectivity index (χ3n) is 5.27. The summed E-state index contributed by atoms with van der Waals surface area (Å²) in [4.78, 5) is 19.0. The number of para-hydroxylation sites is 2. The van der Waals surface area contributed by atoms with Gasteiger partial charge >= 0.3 is 0 Å². The lowest BCUT2D eigenvalue weighted by Crippen LogP contribution is -2.49. The molecule has 3 aromatic carbocycles. The Morgan fingerprint density at radius 1 is 0.933 bits per heavy atom. The van der Waals surface area contributed by atoms with Crippen molar-refractivity contribution in [3.05, 3.63) is 93.5 Å². The van der Waals surface area contributed by atoms with Gasteiger partial charge in [0.25, 0.3) is 5.91 Å². The van der Waals surface area contributed by atoms with Crippen molar-refractivity contribution in [3.8, 4) is 0 Å². The highest BCUT2D eigenvalue weighted by atomic mass is 35.5. The summed E-state index contributed by atoms with van der Waals surface area (Å²) in [6, 6.07) is 18.7. The fourth-order valence-electron chi connectivity index (χ4n) is 4.06. The van der Waals surface area contributed by atoms with Crippen LogP contribution in [0.1, 0.15) is 32.6 Å². The SMILES string of the molecule is Cc1cc(C)c(C2=NON3N(C(=O)c4ccc(Cl)cc4)c4ccccc4N23)c(C)c1. The molecule has 1 amide bonds. The zero-order valence-corrected chi connectivity index (χ0v) is 17.5. The number of benzene rings is 3. The normalized spacial score (nSPS) is 15.0. The monoisotopic (exact) mass is 418 g/mol. The van der Waals surface area contributed by atoms with E-state index in [4.69, 9.17) is 16.5 Å². The second kappa shape index (κ2) is 6.86. The van der Waals surface area contributed by atoms with Crippen LogP contribution in [0.4, 0.5) is 11.4 Å². The molecule has 2 heterocycles. The average Bonchev–Trinajstić information content (AvgIpc) is 3.26. The molecule has 30 heavy (non-hydrogen) atoms. The number of carbonyl (C=O) groups excluding carboxylic acids is 1. The van der Waals surface area contributed by atoms with Crippen LogP contribution in [0.25, 0.3) is 0 Å². The lowest BCUT2D eigenvalue weighted by molar-refractivity contribution is -0.135. The van der Waals surface area contributed by atoms with E-state index in [1.54, 1.807) is 24.3 Å². The van der Waals surface area contributed by atoms with Crippen molar-refractivity contribution in [1.29, 1.82) is 0 Å². The molecule has 5 rings (SSSR count). The third kappa shape index (κ3) is 2.76. The highest BCUT2D eigenvalue weighted by molar-refractivity contribution is 6.30. The number of amides is 1. The highest BCUT2D eigenvalue weighted by Gasteiger charge is 2.47. The molecular formula is C23H19ClN4O2. The van der Waals surface area contributed by atoms with Crippen LogP contribution >= 0.6 is 11.6 Å². The van der Waals surface area contributed by atoms with Crippen LogP contribution < -0.4 is 10.0 Å². The van der Waals surface area contributed by atoms with Gasteiger partial charge in [-0.2, -0.15) is 10.0 Å². The van der Waals surface area contributed by atoms with Gasteiger partial charge in [0.05, 0.1) is 16.7 Å². The standard InChI is InChI=1S/C23H19ClN4O2/c1-14-12-15(2)21(16(3)13-14)22-25-30-28-26(22)19-6-4-5-7-20(19)27(28)23(29)17-8-10-18(24)11-9-17/h4-13H,1-3H3. The highest BCUT2D eigenvalue weighted by Crippen LogP contribution is 2.43. The van der Waals surface area contributed by atoms with Crippen molar-refractivity contribution in [2.24, 2.45) is 5.16 Å². The molecule has 0 atom stereocenters. The Labute approximate surface area is 179 Å². The molecule has 0 bridgehead atoms. The van der Waals surface area contributed by atoms with E-state index in [1.807, 2.05) is 29.3 Å². The van der Waals surface area contributed by atoms with Crippen molar-refractivity contribution in [1.82, 2.24) is 5.28 Å². The summed E-state index contributed by atoms with van der Waals surface area (Å²) in [6.07, 6.45) is 0. The van der Waals surface area contributed by atoms with E-state index in [9.17, 15) is 4.79 Å². The van der Waals surface area contributed by atoms with E-state index in [2.05, 4.69) is 38.1 Å². The molecule has 0 fully saturated rings. The minimum Gasteiger partial charge on any atom is -0.267 e. The summed E-state index contributed by atoms with van der Waals surface area (Å²) in [5.74, 6) is 0.402. The van der Waals surface area contributed by atoms with Crippen LogP contribution in [0, 0.1) is 20.8 Å².